The third kappa shape index (κ3) is 3.80. The van der Waals surface area contributed by atoms with Crippen molar-refractivity contribution in [3.05, 3.63) is 66.7 Å². The number of methoxy groups -OCH3 is 3. The second-order valence-corrected chi connectivity index (χ2v) is 6.47. The van der Waals surface area contributed by atoms with Crippen LogP contribution in [0.25, 0.3) is 10.9 Å². The number of rotatable bonds is 7. The van der Waals surface area contributed by atoms with Gasteiger partial charge in [-0.1, -0.05) is 6.07 Å². The number of anilines is 2. The van der Waals surface area contributed by atoms with Crippen LogP contribution < -0.4 is 19.5 Å². The van der Waals surface area contributed by atoms with Gasteiger partial charge in [-0.25, -0.2) is 4.98 Å². The van der Waals surface area contributed by atoms with E-state index in [4.69, 9.17) is 14.2 Å². The summed E-state index contributed by atoms with van der Waals surface area (Å²) in [6.07, 6.45) is 7.57. The van der Waals surface area contributed by atoms with E-state index in [0.29, 0.717) is 17.2 Å². The molecule has 7 heteroatoms. The highest BCUT2D eigenvalue weighted by Crippen LogP contribution is 2.40. The quantitative estimate of drug-likeness (QED) is 0.509. The molecule has 1 N–H and O–H groups in total. The molecule has 4 aromatic rings. The van der Waals surface area contributed by atoms with Crippen LogP contribution >= 0.6 is 0 Å². The molecule has 0 aliphatic rings. The van der Waals surface area contributed by atoms with Crippen LogP contribution in [0.2, 0.25) is 0 Å². The zero-order valence-corrected chi connectivity index (χ0v) is 16.5. The van der Waals surface area contributed by atoms with Crippen LogP contribution in [0.4, 0.5) is 11.5 Å². The Hall–Kier alpha value is -3.74. The molecule has 0 radical (unpaired) electrons. The Balaban J connectivity index is 1.66. The molecule has 29 heavy (non-hydrogen) atoms. The standard InChI is InChI=1S/C22H22N4O3/c1-27-19-9-17(10-20(28-2)22(19)29-3)25-21-11-18-16(13-24-21)6-8-26(18)14-15-5-4-7-23-12-15/h4-13H,14H2,1-3H3,(H,24,25). The maximum Gasteiger partial charge on any atom is 0.203 e. The van der Waals surface area contributed by atoms with Crippen molar-refractivity contribution in [2.75, 3.05) is 26.6 Å². The average molecular weight is 390 g/mol. The van der Waals surface area contributed by atoms with Crippen molar-refractivity contribution in [2.24, 2.45) is 0 Å². The molecule has 0 saturated heterocycles. The Morgan fingerprint density at radius 2 is 1.76 bits per heavy atom. The van der Waals surface area contributed by atoms with Crippen molar-refractivity contribution in [1.82, 2.24) is 14.5 Å². The SMILES string of the molecule is COc1cc(Nc2cc3c(ccn3Cc3cccnc3)cn2)cc(OC)c1OC. The second-order valence-electron chi connectivity index (χ2n) is 6.47. The van der Waals surface area contributed by atoms with E-state index < -0.39 is 0 Å². The van der Waals surface area contributed by atoms with Crippen LogP contribution in [0.15, 0.2) is 61.2 Å². The molecule has 1 aromatic carbocycles. The summed E-state index contributed by atoms with van der Waals surface area (Å²) in [5, 5.41) is 4.40. The highest BCUT2D eigenvalue weighted by atomic mass is 16.5. The van der Waals surface area contributed by atoms with Gasteiger partial charge in [0.1, 0.15) is 5.82 Å². The summed E-state index contributed by atoms with van der Waals surface area (Å²) in [6.45, 7) is 0.741. The first kappa shape index (κ1) is 18.6. The van der Waals surface area contributed by atoms with Crippen LogP contribution in [-0.2, 0) is 6.54 Å². The molecule has 0 aliphatic carbocycles. The van der Waals surface area contributed by atoms with E-state index >= 15 is 0 Å². The van der Waals surface area contributed by atoms with Gasteiger partial charge in [0.2, 0.25) is 5.75 Å². The van der Waals surface area contributed by atoms with E-state index in [9.17, 15) is 0 Å². The van der Waals surface area contributed by atoms with Crippen LogP contribution in [0.3, 0.4) is 0 Å². The van der Waals surface area contributed by atoms with Crippen molar-refractivity contribution in [2.45, 2.75) is 6.54 Å². The fourth-order valence-electron chi connectivity index (χ4n) is 3.28. The molecule has 0 amide bonds. The van der Waals surface area contributed by atoms with Gasteiger partial charge < -0.3 is 24.1 Å². The first-order valence-electron chi connectivity index (χ1n) is 9.12. The van der Waals surface area contributed by atoms with E-state index in [1.165, 1.54) is 0 Å². The van der Waals surface area contributed by atoms with Gasteiger partial charge in [0.05, 0.1) is 26.8 Å². The number of ether oxygens (including phenoxy) is 3. The Bertz CT molecular complexity index is 1100. The van der Waals surface area contributed by atoms with E-state index in [1.54, 1.807) is 27.5 Å². The number of nitrogens with zero attached hydrogens (tertiary/aromatic N) is 3. The molecule has 3 aromatic heterocycles. The van der Waals surface area contributed by atoms with Crippen molar-refractivity contribution < 1.29 is 14.2 Å². The lowest BCUT2D eigenvalue weighted by molar-refractivity contribution is 0.324. The highest BCUT2D eigenvalue weighted by molar-refractivity contribution is 5.82. The van der Waals surface area contributed by atoms with Gasteiger partial charge in [-0.05, 0) is 17.7 Å². The molecule has 0 fully saturated rings. The van der Waals surface area contributed by atoms with Crippen molar-refractivity contribution in [3.63, 3.8) is 0 Å². The highest BCUT2D eigenvalue weighted by Gasteiger charge is 2.14. The fraction of sp³-hybridized carbons (Fsp3) is 0.182. The Morgan fingerprint density at radius 1 is 0.966 bits per heavy atom. The molecule has 0 aliphatic heterocycles. The number of hydrogen-bond donors (Lipinski definition) is 1. The second kappa shape index (κ2) is 8.10. The maximum absolute atomic E-state index is 5.42. The number of pyridine rings is 2. The normalized spacial score (nSPS) is 10.7. The summed E-state index contributed by atoms with van der Waals surface area (Å²) in [5.74, 6) is 2.43. The minimum Gasteiger partial charge on any atom is -0.493 e. The lowest BCUT2D eigenvalue weighted by Gasteiger charge is -2.15. The van der Waals surface area contributed by atoms with E-state index in [2.05, 4.69) is 38.2 Å². The van der Waals surface area contributed by atoms with E-state index in [-0.39, 0.29) is 0 Å². The number of aromatic nitrogens is 3. The van der Waals surface area contributed by atoms with Gasteiger partial charge in [0, 0.05) is 60.6 Å². The molecule has 7 nitrogen and oxygen atoms in total. The predicted octanol–water partition coefficient (Wildman–Crippen LogP) is 4.25. The molecule has 0 spiro atoms. The number of nitrogens with one attached hydrogen (secondary N) is 1. The molecule has 3 heterocycles. The minimum absolute atomic E-state index is 0.550. The van der Waals surface area contributed by atoms with Crippen molar-refractivity contribution >= 4 is 22.4 Å². The van der Waals surface area contributed by atoms with Gasteiger partial charge in [0.25, 0.3) is 0 Å². The monoisotopic (exact) mass is 390 g/mol. The summed E-state index contributed by atoms with van der Waals surface area (Å²) >= 11 is 0. The fourth-order valence-corrected chi connectivity index (χ4v) is 3.28. The zero-order chi connectivity index (χ0) is 20.2. The largest absolute Gasteiger partial charge is 0.493 e. The van der Waals surface area contributed by atoms with Gasteiger partial charge >= 0.3 is 0 Å². The number of fused-ring (bicyclic) bond motifs is 1. The maximum atomic E-state index is 5.42. The van der Waals surface area contributed by atoms with E-state index in [0.717, 1.165) is 34.5 Å². The molecule has 4 rings (SSSR count). The minimum atomic E-state index is 0.550. The van der Waals surface area contributed by atoms with Gasteiger partial charge in [0.15, 0.2) is 11.5 Å². The first-order chi connectivity index (χ1) is 14.2. The van der Waals surface area contributed by atoms with Crippen molar-refractivity contribution in [1.29, 1.82) is 0 Å². The number of benzene rings is 1. The van der Waals surface area contributed by atoms with Crippen LogP contribution in [0.5, 0.6) is 17.2 Å². The Kier molecular flexibility index (Phi) is 5.20. The third-order valence-electron chi connectivity index (χ3n) is 4.67. The van der Waals surface area contributed by atoms with Gasteiger partial charge in [-0.3, -0.25) is 4.98 Å². The summed E-state index contributed by atoms with van der Waals surface area (Å²) in [7, 11) is 4.77. The predicted molar refractivity (Wildman–Crippen MR) is 112 cm³/mol. The lowest BCUT2D eigenvalue weighted by atomic mass is 10.2. The summed E-state index contributed by atoms with van der Waals surface area (Å²) < 4.78 is 18.4. The van der Waals surface area contributed by atoms with Crippen LogP contribution in [0, 0.1) is 0 Å². The lowest BCUT2D eigenvalue weighted by Crippen LogP contribution is -2.00. The molecule has 148 valence electrons. The molecule has 0 unspecified atom stereocenters. The summed E-state index contributed by atoms with van der Waals surface area (Å²) in [5.41, 5.74) is 3.01. The number of hydrogen-bond acceptors (Lipinski definition) is 6. The zero-order valence-electron chi connectivity index (χ0n) is 16.5. The van der Waals surface area contributed by atoms with Crippen LogP contribution in [-0.4, -0.2) is 35.9 Å². The molecule has 0 saturated carbocycles. The molecular weight excluding hydrogens is 368 g/mol. The molecule has 0 atom stereocenters. The molecular formula is C22H22N4O3. The topological polar surface area (TPSA) is 70.4 Å². The summed E-state index contributed by atoms with van der Waals surface area (Å²) in [4.78, 5) is 8.72. The smallest absolute Gasteiger partial charge is 0.203 e. The van der Waals surface area contributed by atoms with Gasteiger partial charge in [-0.2, -0.15) is 0 Å². The van der Waals surface area contributed by atoms with Crippen LogP contribution in [0.1, 0.15) is 5.56 Å². The first-order valence-corrected chi connectivity index (χ1v) is 9.12. The van der Waals surface area contributed by atoms with E-state index in [1.807, 2.05) is 36.7 Å². The van der Waals surface area contributed by atoms with Crippen molar-refractivity contribution in [3.8, 4) is 17.2 Å². The summed E-state index contributed by atoms with van der Waals surface area (Å²) in [6, 6.07) is 11.8. The third-order valence-corrected chi connectivity index (χ3v) is 4.67. The Labute approximate surface area is 168 Å². The van der Waals surface area contributed by atoms with Gasteiger partial charge in [-0.15, -0.1) is 0 Å². The molecule has 0 bridgehead atoms. The average Bonchev–Trinajstić information content (AvgIpc) is 3.15. The Morgan fingerprint density at radius 3 is 2.41 bits per heavy atom.